The summed E-state index contributed by atoms with van der Waals surface area (Å²) in [6.45, 7) is 0. The zero-order chi connectivity index (χ0) is 13.9. The van der Waals surface area contributed by atoms with Gasteiger partial charge in [0.1, 0.15) is 11.4 Å². The van der Waals surface area contributed by atoms with E-state index in [1.54, 1.807) is 24.7 Å². The van der Waals surface area contributed by atoms with Crippen molar-refractivity contribution < 1.29 is 9.90 Å². The molecular formula is C15H11N3O2. The zero-order valence-electron chi connectivity index (χ0n) is 10.4. The molecule has 98 valence electrons. The minimum absolute atomic E-state index is 0.138. The number of nitrogens with zero attached hydrogens (tertiary/aromatic N) is 2. The first-order chi connectivity index (χ1) is 9.75. The molecule has 0 amide bonds. The highest BCUT2D eigenvalue weighted by atomic mass is 16.4. The number of pyridine rings is 2. The van der Waals surface area contributed by atoms with Crippen molar-refractivity contribution in [1.29, 1.82) is 0 Å². The maximum atomic E-state index is 11.2. The van der Waals surface area contributed by atoms with Crippen LogP contribution in [0.4, 0.5) is 11.5 Å². The number of benzene rings is 1. The van der Waals surface area contributed by atoms with Crippen molar-refractivity contribution in [3.05, 3.63) is 60.6 Å². The van der Waals surface area contributed by atoms with Crippen LogP contribution >= 0.6 is 0 Å². The third-order valence-electron chi connectivity index (χ3n) is 2.97. The van der Waals surface area contributed by atoms with Crippen molar-refractivity contribution in [1.82, 2.24) is 9.97 Å². The van der Waals surface area contributed by atoms with Crippen LogP contribution in [0.25, 0.3) is 10.8 Å². The second-order valence-electron chi connectivity index (χ2n) is 4.23. The molecule has 2 heterocycles. The van der Waals surface area contributed by atoms with Crippen LogP contribution in [0.2, 0.25) is 0 Å². The SMILES string of the molecule is O=C(O)c1cccnc1Nc1cccc2cnccc12. The van der Waals surface area contributed by atoms with Gasteiger partial charge in [0.25, 0.3) is 0 Å². The molecule has 20 heavy (non-hydrogen) atoms. The van der Waals surface area contributed by atoms with Crippen LogP contribution in [0.3, 0.4) is 0 Å². The van der Waals surface area contributed by atoms with Gasteiger partial charge < -0.3 is 10.4 Å². The Balaban J connectivity index is 2.08. The number of aromatic carboxylic acids is 1. The minimum atomic E-state index is -1.01. The Morgan fingerprint density at radius 3 is 2.85 bits per heavy atom. The number of carbonyl (C=O) groups is 1. The van der Waals surface area contributed by atoms with Gasteiger partial charge in [-0.3, -0.25) is 4.98 Å². The largest absolute Gasteiger partial charge is 0.478 e. The van der Waals surface area contributed by atoms with Crippen LogP contribution in [0.1, 0.15) is 10.4 Å². The summed E-state index contributed by atoms with van der Waals surface area (Å²) < 4.78 is 0. The van der Waals surface area contributed by atoms with Crippen LogP contribution in [-0.2, 0) is 0 Å². The molecule has 0 unspecified atom stereocenters. The van der Waals surface area contributed by atoms with Gasteiger partial charge in [0.2, 0.25) is 0 Å². The van der Waals surface area contributed by atoms with E-state index in [0.29, 0.717) is 5.82 Å². The molecular weight excluding hydrogens is 254 g/mol. The van der Waals surface area contributed by atoms with Crippen LogP contribution < -0.4 is 5.32 Å². The van der Waals surface area contributed by atoms with Gasteiger partial charge in [0, 0.05) is 35.1 Å². The summed E-state index contributed by atoms with van der Waals surface area (Å²) in [6.07, 6.45) is 5.02. The van der Waals surface area contributed by atoms with E-state index in [4.69, 9.17) is 5.11 Å². The molecule has 3 aromatic rings. The Morgan fingerprint density at radius 2 is 2.00 bits per heavy atom. The highest BCUT2D eigenvalue weighted by Crippen LogP contribution is 2.26. The molecule has 0 bridgehead atoms. The van der Waals surface area contributed by atoms with Gasteiger partial charge in [-0.1, -0.05) is 12.1 Å². The van der Waals surface area contributed by atoms with Crippen molar-refractivity contribution in [2.24, 2.45) is 0 Å². The number of nitrogens with one attached hydrogen (secondary N) is 1. The fourth-order valence-corrected chi connectivity index (χ4v) is 2.04. The molecule has 2 N–H and O–H groups in total. The van der Waals surface area contributed by atoms with Gasteiger partial charge in [0.05, 0.1) is 0 Å². The summed E-state index contributed by atoms with van der Waals surface area (Å²) >= 11 is 0. The number of carboxylic acid groups (broad SMARTS) is 1. The van der Waals surface area contributed by atoms with Gasteiger partial charge in [-0.05, 0) is 24.3 Å². The molecule has 0 fully saturated rings. The van der Waals surface area contributed by atoms with E-state index >= 15 is 0 Å². The molecule has 0 saturated heterocycles. The average Bonchev–Trinajstić information content (AvgIpc) is 2.48. The van der Waals surface area contributed by atoms with Crippen LogP contribution in [0.15, 0.2) is 55.0 Å². The minimum Gasteiger partial charge on any atom is -0.478 e. The lowest BCUT2D eigenvalue weighted by atomic mass is 10.1. The summed E-state index contributed by atoms with van der Waals surface area (Å²) in [4.78, 5) is 19.3. The van der Waals surface area contributed by atoms with E-state index in [-0.39, 0.29) is 5.56 Å². The first-order valence-corrected chi connectivity index (χ1v) is 6.04. The van der Waals surface area contributed by atoms with Gasteiger partial charge in [-0.15, -0.1) is 0 Å². The second kappa shape index (κ2) is 4.97. The molecule has 0 aliphatic carbocycles. The Kier molecular flexibility index (Phi) is 3.01. The highest BCUT2D eigenvalue weighted by molar-refractivity contribution is 5.98. The molecule has 0 aliphatic rings. The molecule has 0 saturated carbocycles. The second-order valence-corrected chi connectivity index (χ2v) is 4.23. The maximum absolute atomic E-state index is 11.2. The number of anilines is 2. The Hall–Kier alpha value is -2.95. The van der Waals surface area contributed by atoms with E-state index in [9.17, 15) is 4.79 Å². The predicted octanol–water partition coefficient (Wildman–Crippen LogP) is 3.07. The van der Waals surface area contributed by atoms with Crippen molar-refractivity contribution in [3.8, 4) is 0 Å². The molecule has 2 aromatic heterocycles. The molecule has 0 spiro atoms. The summed E-state index contributed by atoms with van der Waals surface area (Å²) in [7, 11) is 0. The van der Waals surface area contributed by atoms with Gasteiger partial charge >= 0.3 is 5.97 Å². The third-order valence-corrected chi connectivity index (χ3v) is 2.97. The van der Waals surface area contributed by atoms with Crippen molar-refractivity contribution in [2.75, 3.05) is 5.32 Å². The predicted molar refractivity (Wildman–Crippen MR) is 76.2 cm³/mol. The topological polar surface area (TPSA) is 75.1 Å². The van der Waals surface area contributed by atoms with Gasteiger partial charge in [0.15, 0.2) is 0 Å². The van der Waals surface area contributed by atoms with E-state index < -0.39 is 5.97 Å². The maximum Gasteiger partial charge on any atom is 0.339 e. The molecule has 0 aliphatic heterocycles. The molecule has 0 radical (unpaired) electrons. The molecule has 5 heteroatoms. The monoisotopic (exact) mass is 265 g/mol. The lowest BCUT2D eigenvalue weighted by Crippen LogP contribution is -2.04. The van der Waals surface area contributed by atoms with Crippen molar-refractivity contribution in [3.63, 3.8) is 0 Å². The smallest absolute Gasteiger partial charge is 0.339 e. The third kappa shape index (κ3) is 2.16. The Morgan fingerprint density at radius 1 is 1.10 bits per heavy atom. The average molecular weight is 265 g/mol. The van der Waals surface area contributed by atoms with Gasteiger partial charge in [-0.2, -0.15) is 0 Å². The van der Waals surface area contributed by atoms with Crippen molar-refractivity contribution >= 4 is 28.2 Å². The Bertz CT molecular complexity index is 781. The summed E-state index contributed by atoms with van der Waals surface area (Å²) in [6, 6.07) is 10.7. The molecule has 1 aromatic carbocycles. The summed E-state index contributed by atoms with van der Waals surface area (Å²) in [5, 5.41) is 14.2. The first-order valence-electron chi connectivity index (χ1n) is 6.04. The fourth-order valence-electron chi connectivity index (χ4n) is 2.04. The van der Waals surface area contributed by atoms with E-state index in [0.717, 1.165) is 16.5 Å². The molecule has 3 rings (SSSR count). The summed E-state index contributed by atoms with van der Waals surface area (Å²) in [5.41, 5.74) is 0.935. The highest BCUT2D eigenvalue weighted by Gasteiger charge is 2.11. The van der Waals surface area contributed by atoms with Crippen LogP contribution in [0, 0.1) is 0 Å². The van der Waals surface area contributed by atoms with E-state index in [1.165, 1.54) is 6.07 Å². The van der Waals surface area contributed by atoms with Crippen molar-refractivity contribution in [2.45, 2.75) is 0 Å². The fraction of sp³-hybridized carbons (Fsp3) is 0. The molecule has 0 atom stereocenters. The van der Waals surface area contributed by atoms with Crippen LogP contribution in [-0.4, -0.2) is 21.0 Å². The lowest BCUT2D eigenvalue weighted by molar-refractivity contribution is 0.0697. The number of aromatic nitrogens is 2. The molecule has 5 nitrogen and oxygen atoms in total. The van der Waals surface area contributed by atoms with E-state index in [1.807, 2.05) is 24.3 Å². The number of fused-ring (bicyclic) bond motifs is 1. The lowest BCUT2D eigenvalue weighted by Gasteiger charge is -2.10. The number of hydrogen-bond donors (Lipinski definition) is 2. The number of rotatable bonds is 3. The van der Waals surface area contributed by atoms with E-state index in [2.05, 4.69) is 15.3 Å². The zero-order valence-corrected chi connectivity index (χ0v) is 10.4. The summed E-state index contributed by atoms with van der Waals surface area (Å²) in [5.74, 6) is -0.688. The van der Waals surface area contributed by atoms with Crippen LogP contribution in [0.5, 0.6) is 0 Å². The first kappa shape index (κ1) is 12.1. The quantitative estimate of drug-likeness (QED) is 0.761. The number of hydrogen-bond acceptors (Lipinski definition) is 4. The number of carboxylic acids is 1. The normalized spacial score (nSPS) is 10.4. The van der Waals surface area contributed by atoms with Gasteiger partial charge in [-0.25, -0.2) is 9.78 Å². The standard InChI is InChI=1S/C15H11N3O2/c19-15(20)12-4-2-7-17-14(12)18-13-5-1-3-10-9-16-8-6-11(10)13/h1-9H,(H,17,18)(H,19,20). The Labute approximate surface area is 114 Å².